The molecule has 0 radical (unpaired) electrons. The van der Waals surface area contributed by atoms with E-state index >= 15 is 0 Å². The zero-order valence-corrected chi connectivity index (χ0v) is 10.5. The molecule has 1 aliphatic heterocycles. The van der Waals surface area contributed by atoms with Crippen molar-refractivity contribution >= 4 is 11.5 Å². The molecular formula is C14H19NO2. The van der Waals surface area contributed by atoms with Crippen LogP contribution in [-0.2, 0) is 4.79 Å². The second-order valence-corrected chi connectivity index (χ2v) is 4.36. The van der Waals surface area contributed by atoms with E-state index in [2.05, 4.69) is 4.90 Å². The molecule has 0 spiro atoms. The molecule has 2 rings (SSSR count). The lowest BCUT2D eigenvalue weighted by molar-refractivity contribution is -0.119. The molecule has 17 heavy (non-hydrogen) atoms. The monoisotopic (exact) mass is 233 g/mol. The van der Waals surface area contributed by atoms with Crippen molar-refractivity contribution in [2.45, 2.75) is 32.7 Å². The lowest BCUT2D eigenvalue weighted by atomic mass is 10.1. The normalized spacial score (nSPS) is 16.7. The molecule has 0 aromatic heterocycles. The van der Waals surface area contributed by atoms with Gasteiger partial charge < -0.3 is 9.64 Å². The molecule has 3 nitrogen and oxygen atoms in total. The highest BCUT2D eigenvalue weighted by Crippen LogP contribution is 2.32. The summed E-state index contributed by atoms with van der Waals surface area (Å²) < 4.78 is 5.69. The fourth-order valence-corrected chi connectivity index (χ4v) is 2.23. The minimum absolute atomic E-state index is 0.0668. The van der Waals surface area contributed by atoms with Crippen LogP contribution >= 0.6 is 0 Å². The number of rotatable bonds is 3. The fraction of sp³-hybridized carbons (Fsp3) is 0.500. The minimum atomic E-state index is -0.0668. The number of hydrogen-bond acceptors (Lipinski definition) is 3. The lowest BCUT2D eigenvalue weighted by Gasteiger charge is -2.29. The maximum Gasteiger partial charge on any atom is 0.154 e. The average Bonchev–Trinajstić information content (AvgIpc) is 2.59. The molecule has 92 valence electrons. The lowest BCUT2D eigenvalue weighted by Crippen LogP contribution is -2.39. The highest BCUT2D eigenvalue weighted by atomic mass is 16.5. The van der Waals surface area contributed by atoms with Crippen molar-refractivity contribution in [3.05, 3.63) is 24.3 Å². The Labute approximate surface area is 102 Å². The van der Waals surface area contributed by atoms with Crippen molar-refractivity contribution in [3.63, 3.8) is 0 Å². The van der Waals surface area contributed by atoms with Gasteiger partial charge in [0.2, 0.25) is 0 Å². The van der Waals surface area contributed by atoms with E-state index in [4.69, 9.17) is 4.74 Å². The van der Waals surface area contributed by atoms with Gasteiger partial charge in [-0.3, -0.25) is 4.79 Å². The summed E-state index contributed by atoms with van der Waals surface area (Å²) in [5, 5.41) is 0. The quantitative estimate of drug-likeness (QED) is 0.803. The first kappa shape index (κ1) is 12.0. The minimum Gasteiger partial charge on any atom is -0.491 e. The van der Waals surface area contributed by atoms with Crippen LogP contribution in [0.3, 0.4) is 0 Å². The molecule has 3 heteroatoms. The molecular weight excluding hydrogens is 214 g/mol. The molecule has 1 heterocycles. The molecule has 0 fully saturated rings. The molecule has 0 bridgehead atoms. The predicted molar refractivity (Wildman–Crippen MR) is 68.7 cm³/mol. The van der Waals surface area contributed by atoms with Gasteiger partial charge in [-0.15, -0.1) is 0 Å². The summed E-state index contributed by atoms with van der Waals surface area (Å²) in [6.07, 6.45) is 1.54. The number of benzene rings is 1. The zero-order chi connectivity index (χ0) is 12.3. The smallest absolute Gasteiger partial charge is 0.154 e. The van der Waals surface area contributed by atoms with Crippen molar-refractivity contribution < 1.29 is 9.53 Å². The summed E-state index contributed by atoms with van der Waals surface area (Å²) in [6, 6.07) is 7.89. The van der Waals surface area contributed by atoms with E-state index in [9.17, 15) is 4.79 Å². The maximum atomic E-state index is 11.9. The largest absolute Gasteiger partial charge is 0.491 e. The highest BCUT2D eigenvalue weighted by Gasteiger charge is 2.24. The molecule has 0 saturated carbocycles. The van der Waals surface area contributed by atoms with Gasteiger partial charge in [0.25, 0.3) is 0 Å². The Morgan fingerprint density at radius 3 is 3.00 bits per heavy atom. The number of Topliss-reactive ketones (excluding diaryl/α,β-unsaturated/α-hetero) is 1. The van der Waals surface area contributed by atoms with Gasteiger partial charge in [-0.2, -0.15) is 0 Å². The van der Waals surface area contributed by atoms with Crippen molar-refractivity contribution in [2.75, 3.05) is 18.1 Å². The molecule has 0 aliphatic carbocycles. The van der Waals surface area contributed by atoms with Crippen LogP contribution in [0.4, 0.5) is 5.69 Å². The topological polar surface area (TPSA) is 29.5 Å². The number of fused-ring (bicyclic) bond motifs is 1. The summed E-state index contributed by atoms with van der Waals surface area (Å²) >= 11 is 0. The van der Waals surface area contributed by atoms with Crippen LogP contribution in [0.2, 0.25) is 0 Å². The number of hydrogen-bond donors (Lipinski definition) is 0. The number of anilines is 1. The predicted octanol–water partition coefficient (Wildman–Crippen LogP) is 2.64. The van der Waals surface area contributed by atoms with Crippen molar-refractivity contribution in [2.24, 2.45) is 0 Å². The van der Waals surface area contributed by atoms with Gasteiger partial charge in [0, 0.05) is 13.0 Å². The molecule has 1 atom stereocenters. The number of carbonyl (C=O) groups is 1. The summed E-state index contributed by atoms with van der Waals surface area (Å²) in [5.41, 5.74) is 1.04. The van der Waals surface area contributed by atoms with Gasteiger partial charge in [0.1, 0.15) is 5.75 Å². The van der Waals surface area contributed by atoms with Crippen LogP contribution in [0.25, 0.3) is 0 Å². The first-order valence-electron chi connectivity index (χ1n) is 6.25. The Morgan fingerprint density at radius 2 is 2.24 bits per heavy atom. The van der Waals surface area contributed by atoms with Gasteiger partial charge in [-0.1, -0.05) is 19.1 Å². The Morgan fingerprint density at radius 1 is 1.47 bits per heavy atom. The van der Waals surface area contributed by atoms with Crippen molar-refractivity contribution in [1.29, 1.82) is 0 Å². The van der Waals surface area contributed by atoms with Crippen molar-refractivity contribution in [1.82, 2.24) is 0 Å². The Balaban J connectivity index is 2.31. The van der Waals surface area contributed by atoms with E-state index < -0.39 is 0 Å². The third-order valence-electron chi connectivity index (χ3n) is 3.26. The van der Waals surface area contributed by atoms with Crippen LogP contribution in [0.5, 0.6) is 5.75 Å². The van der Waals surface area contributed by atoms with Gasteiger partial charge in [0.05, 0.1) is 18.3 Å². The van der Waals surface area contributed by atoms with Crippen LogP contribution in [-0.4, -0.2) is 25.0 Å². The number of nitrogens with zero attached hydrogens (tertiary/aromatic N) is 1. The summed E-state index contributed by atoms with van der Waals surface area (Å²) in [4.78, 5) is 14.0. The molecule has 0 saturated heterocycles. The van der Waals surface area contributed by atoms with Crippen molar-refractivity contribution in [3.8, 4) is 5.75 Å². The number of para-hydroxylation sites is 2. The second kappa shape index (κ2) is 5.21. The van der Waals surface area contributed by atoms with E-state index in [-0.39, 0.29) is 11.8 Å². The van der Waals surface area contributed by atoms with Gasteiger partial charge in [-0.25, -0.2) is 0 Å². The van der Waals surface area contributed by atoms with Gasteiger partial charge in [0.15, 0.2) is 5.78 Å². The molecule has 1 aliphatic rings. The second-order valence-electron chi connectivity index (χ2n) is 4.36. The maximum absolute atomic E-state index is 11.9. The van der Waals surface area contributed by atoms with E-state index in [0.29, 0.717) is 6.42 Å². The van der Waals surface area contributed by atoms with E-state index in [0.717, 1.165) is 31.0 Å². The van der Waals surface area contributed by atoms with E-state index in [1.165, 1.54) is 0 Å². The number of ether oxygens (including phenoxy) is 1. The fourth-order valence-electron chi connectivity index (χ4n) is 2.23. The number of ketones is 1. The molecule has 0 amide bonds. The van der Waals surface area contributed by atoms with E-state index in [1.54, 1.807) is 0 Å². The van der Waals surface area contributed by atoms with Crippen LogP contribution in [0.15, 0.2) is 24.3 Å². The molecule has 1 aromatic carbocycles. The SMILES string of the molecule is CCC(=O)C(C)N1CCCOc2ccccc21. The first-order chi connectivity index (χ1) is 8.24. The molecule has 0 N–H and O–H groups in total. The standard InChI is InChI=1S/C14H19NO2/c1-3-13(16)11(2)15-9-6-10-17-14-8-5-4-7-12(14)15/h4-5,7-8,11H,3,6,9-10H2,1-2H3. The Hall–Kier alpha value is -1.51. The summed E-state index contributed by atoms with van der Waals surface area (Å²) in [5.74, 6) is 1.17. The van der Waals surface area contributed by atoms with Crippen LogP contribution in [0, 0.1) is 0 Å². The molecule has 1 aromatic rings. The number of carbonyl (C=O) groups excluding carboxylic acids is 1. The third-order valence-corrected chi connectivity index (χ3v) is 3.26. The summed E-state index contributed by atoms with van der Waals surface area (Å²) in [7, 11) is 0. The Kier molecular flexibility index (Phi) is 3.67. The zero-order valence-electron chi connectivity index (χ0n) is 10.5. The summed E-state index contributed by atoms with van der Waals surface area (Å²) in [6.45, 7) is 5.50. The van der Waals surface area contributed by atoms with Crippen LogP contribution in [0.1, 0.15) is 26.7 Å². The molecule has 1 unspecified atom stereocenters. The highest BCUT2D eigenvalue weighted by molar-refractivity contribution is 5.87. The van der Waals surface area contributed by atoms with E-state index in [1.807, 2.05) is 38.1 Å². The third kappa shape index (κ3) is 2.43. The average molecular weight is 233 g/mol. The van der Waals surface area contributed by atoms with Gasteiger partial charge >= 0.3 is 0 Å². The van der Waals surface area contributed by atoms with Crippen LogP contribution < -0.4 is 9.64 Å². The van der Waals surface area contributed by atoms with Gasteiger partial charge in [-0.05, 0) is 25.5 Å². The first-order valence-corrected chi connectivity index (χ1v) is 6.25. The Bertz CT molecular complexity index is 403.